The molecule has 2 aliphatic rings. The summed E-state index contributed by atoms with van der Waals surface area (Å²) in [4.78, 5) is 18.5. The van der Waals surface area contributed by atoms with Crippen molar-refractivity contribution >= 4 is 6.03 Å². The summed E-state index contributed by atoms with van der Waals surface area (Å²) in [7, 11) is 0. The van der Waals surface area contributed by atoms with E-state index in [1.165, 1.54) is 11.1 Å². The number of urea groups is 1. The maximum atomic E-state index is 12.5. The molecule has 1 atom stereocenters. The molecule has 4 rings (SSSR count). The highest BCUT2D eigenvalue weighted by atomic mass is 16.2. The summed E-state index contributed by atoms with van der Waals surface area (Å²) in [5.41, 5.74) is 3.73. The van der Waals surface area contributed by atoms with Crippen molar-refractivity contribution in [1.29, 1.82) is 0 Å². The van der Waals surface area contributed by atoms with Crippen LogP contribution in [0.1, 0.15) is 29.3 Å². The molecule has 1 aliphatic heterocycles. The highest BCUT2D eigenvalue weighted by molar-refractivity contribution is 5.75. The number of nitrogens with one attached hydrogen (secondary N) is 1. The van der Waals surface area contributed by atoms with E-state index in [0.717, 1.165) is 31.6 Å². The normalized spacial score (nSPS) is 20.0. The van der Waals surface area contributed by atoms with Crippen LogP contribution in [0.25, 0.3) is 0 Å². The van der Waals surface area contributed by atoms with Crippen LogP contribution in [0.3, 0.4) is 0 Å². The van der Waals surface area contributed by atoms with E-state index in [1.807, 2.05) is 23.5 Å². The molecule has 2 heterocycles. The molecule has 5 heteroatoms. The van der Waals surface area contributed by atoms with Crippen LogP contribution in [0.2, 0.25) is 0 Å². The quantitative estimate of drug-likeness (QED) is 0.870. The van der Waals surface area contributed by atoms with Crippen LogP contribution >= 0.6 is 0 Å². The number of aromatic nitrogens is 2. The minimum absolute atomic E-state index is 0.0316. The lowest BCUT2D eigenvalue weighted by atomic mass is 10.1. The van der Waals surface area contributed by atoms with Gasteiger partial charge in [0, 0.05) is 19.3 Å². The molecule has 0 bridgehead atoms. The predicted octanol–water partition coefficient (Wildman–Crippen LogP) is 2.10. The highest BCUT2D eigenvalue weighted by Gasteiger charge is 2.27. The van der Waals surface area contributed by atoms with Gasteiger partial charge in [0.05, 0.1) is 24.6 Å². The van der Waals surface area contributed by atoms with E-state index in [4.69, 9.17) is 0 Å². The van der Waals surface area contributed by atoms with Crippen LogP contribution in [0.4, 0.5) is 4.79 Å². The number of benzene rings is 1. The van der Waals surface area contributed by atoms with Gasteiger partial charge >= 0.3 is 6.03 Å². The minimum Gasteiger partial charge on any atom is -0.331 e. The van der Waals surface area contributed by atoms with Gasteiger partial charge in [0.1, 0.15) is 0 Å². The number of fused-ring (bicyclic) bond motifs is 2. The molecule has 0 spiro atoms. The molecule has 5 nitrogen and oxygen atoms in total. The maximum absolute atomic E-state index is 12.5. The Kier molecular flexibility index (Phi) is 2.91. The average molecular weight is 282 g/mol. The Bertz CT molecular complexity index is 678. The fourth-order valence-corrected chi connectivity index (χ4v) is 3.30. The third-order valence-corrected chi connectivity index (χ3v) is 4.48. The van der Waals surface area contributed by atoms with Crippen molar-refractivity contribution in [3.63, 3.8) is 0 Å². The third kappa shape index (κ3) is 2.18. The van der Waals surface area contributed by atoms with Gasteiger partial charge < -0.3 is 14.8 Å². The first-order chi connectivity index (χ1) is 10.3. The lowest BCUT2D eigenvalue weighted by Crippen LogP contribution is -2.44. The van der Waals surface area contributed by atoms with Crippen LogP contribution in [0.5, 0.6) is 0 Å². The number of carbonyl (C=O) groups excluding carboxylic acids is 1. The number of imidazole rings is 1. The first kappa shape index (κ1) is 12.4. The van der Waals surface area contributed by atoms with Gasteiger partial charge in [-0.1, -0.05) is 24.3 Å². The van der Waals surface area contributed by atoms with Gasteiger partial charge in [0.2, 0.25) is 0 Å². The van der Waals surface area contributed by atoms with E-state index in [9.17, 15) is 4.79 Å². The molecule has 2 amide bonds. The molecule has 0 radical (unpaired) electrons. The topological polar surface area (TPSA) is 50.2 Å². The van der Waals surface area contributed by atoms with Gasteiger partial charge in [-0.15, -0.1) is 0 Å². The Balaban J connectivity index is 1.46. The number of carbonyl (C=O) groups is 1. The van der Waals surface area contributed by atoms with Crippen LogP contribution < -0.4 is 5.32 Å². The monoisotopic (exact) mass is 282 g/mol. The maximum Gasteiger partial charge on any atom is 0.318 e. The molecule has 1 aromatic carbocycles. The molecule has 0 fully saturated rings. The largest absolute Gasteiger partial charge is 0.331 e. The molecule has 1 N–H and O–H groups in total. The van der Waals surface area contributed by atoms with Gasteiger partial charge in [-0.25, -0.2) is 9.78 Å². The third-order valence-electron chi connectivity index (χ3n) is 4.48. The summed E-state index contributed by atoms with van der Waals surface area (Å²) >= 11 is 0. The van der Waals surface area contributed by atoms with Gasteiger partial charge in [0.25, 0.3) is 0 Å². The van der Waals surface area contributed by atoms with Crippen molar-refractivity contribution in [3.05, 3.63) is 53.6 Å². The van der Waals surface area contributed by atoms with E-state index in [2.05, 4.69) is 33.1 Å². The molecule has 108 valence electrons. The van der Waals surface area contributed by atoms with E-state index < -0.39 is 0 Å². The van der Waals surface area contributed by atoms with Gasteiger partial charge in [0.15, 0.2) is 0 Å². The Labute approximate surface area is 123 Å². The molecule has 1 unspecified atom stereocenters. The summed E-state index contributed by atoms with van der Waals surface area (Å²) in [6, 6.07) is 8.57. The van der Waals surface area contributed by atoms with Crippen molar-refractivity contribution in [2.45, 2.75) is 32.0 Å². The highest BCUT2D eigenvalue weighted by Crippen LogP contribution is 2.30. The standard InChI is InChI=1S/C16H18N4O/c21-16(19-7-8-20-11-17-9-13(20)10-19)18-15-6-5-12-3-1-2-4-14(12)15/h1-4,9,11,15H,5-8,10H2,(H,18,21). The molecule has 1 aliphatic carbocycles. The summed E-state index contributed by atoms with van der Waals surface area (Å²) in [5.74, 6) is 0. The van der Waals surface area contributed by atoms with Crippen molar-refractivity contribution < 1.29 is 4.79 Å². The van der Waals surface area contributed by atoms with Gasteiger partial charge in [-0.2, -0.15) is 0 Å². The summed E-state index contributed by atoms with van der Waals surface area (Å²) in [6.45, 7) is 2.20. The van der Waals surface area contributed by atoms with Crippen LogP contribution in [0, 0.1) is 0 Å². The van der Waals surface area contributed by atoms with Crippen molar-refractivity contribution in [1.82, 2.24) is 19.8 Å². The predicted molar refractivity (Wildman–Crippen MR) is 78.7 cm³/mol. The van der Waals surface area contributed by atoms with Crippen LogP contribution in [0.15, 0.2) is 36.8 Å². The van der Waals surface area contributed by atoms with Crippen molar-refractivity contribution in [2.24, 2.45) is 0 Å². The second kappa shape index (κ2) is 4.91. The van der Waals surface area contributed by atoms with E-state index in [1.54, 1.807) is 0 Å². The number of amides is 2. The van der Waals surface area contributed by atoms with Crippen molar-refractivity contribution in [3.8, 4) is 0 Å². The molecule has 2 aromatic rings. The lowest BCUT2D eigenvalue weighted by molar-refractivity contribution is 0.179. The molecule has 21 heavy (non-hydrogen) atoms. The number of hydrogen-bond donors (Lipinski definition) is 1. The van der Waals surface area contributed by atoms with E-state index in [0.29, 0.717) is 6.54 Å². The van der Waals surface area contributed by atoms with E-state index in [-0.39, 0.29) is 12.1 Å². The molecule has 0 saturated heterocycles. The average Bonchev–Trinajstić information content (AvgIpc) is 3.13. The van der Waals surface area contributed by atoms with E-state index >= 15 is 0 Å². The molecular formula is C16H18N4O. The summed E-state index contributed by atoms with van der Waals surface area (Å²) in [5, 5.41) is 3.19. The number of aryl methyl sites for hydroxylation is 1. The van der Waals surface area contributed by atoms with Gasteiger partial charge in [-0.05, 0) is 24.0 Å². The second-order valence-electron chi connectivity index (χ2n) is 5.74. The fraction of sp³-hybridized carbons (Fsp3) is 0.375. The first-order valence-corrected chi connectivity index (χ1v) is 7.43. The smallest absolute Gasteiger partial charge is 0.318 e. The molecule has 0 saturated carbocycles. The molecule has 1 aromatic heterocycles. The van der Waals surface area contributed by atoms with Crippen LogP contribution in [-0.2, 0) is 19.5 Å². The summed E-state index contributed by atoms with van der Waals surface area (Å²) < 4.78 is 2.11. The minimum atomic E-state index is 0.0316. The molecular weight excluding hydrogens is 264 g/mol. The zero-order valence-corrected chi connectivity index (χ0v) is 11.8. The summed E-state index contributed by atoms with van der Waals surface area (Å²) in [6.07, 6.45) is 5.72. The Morgan fingerprint density at radius 2 is 2.19 bits per heavy atom. The Hall–Kier alpha value is -2.30. The fourth-order valence-electron chi connectivity index (χ4n) is 3.30. The lowest BCUT2D eigenvalue weighted by Gasteiger charge is -2.29. The van der Waals surface area contributed by atoms with Gasteiger partial charge in [-0.3, -0.25) is 0 Å². The van der Waals surface area contributed by atoms with Crippen LogP contribution in [-0.4, -0.2) is 27.0 Å². The number of rotatable bonds is 1. The SMILES string of the molecule is O=C(NC1CCc2ccccc21)N1CCn2cncc2C1. The zero-order valence-electron chi connectivity index (χ0n) is 11.8. The van der Waals surface area contributed by atoms with Crippen molar-refractivity contribution in [2.75, 3.05) is 6.54 Å². The second-order valence-corrected chi connectivity index (χ2v) is 5.74. The number of hydrogen-bond acceptors (Lipinski definition) is 2. The zero-order chi connectivity index (χ0) is 14.2. The Morgan fingerprint density at radius 3 is 3.14 bits per heavy atom. The Morgan fingerprint density at radius 1 is 1.29 bits per heavy atom. The first-order valence-electron chi connectivity index (χ1n) is 7.43. The number of nitrogens with zero attached hydrogens (tertiary/aromatic N) is 3.